The predicted octanol–water partition coefficient (Wildman–Crippen LogP) is 5.69. The molecule has 2 aromatic carbocycles. The van der Waals surface area contributed by atoms with E-state index < -0.39 is 23.7 Å². The van der Waals surface area contributed by atoms with Crippen LogP contribution in [0, 0.1) is 13.8 Å². The van der Waals surface area contributed by atoms with Crippen molar-refractivity contribution in [3.63, 3.8) is 0 Å². The largest absolute Gasteiger partial charge is 0.507 e. The van der Waals surface area contributed by atoms with Crippen LogP contribution in [0.3, 0.4) is 0 Å². The van der Waals surface area contributed by atoms with E-state index >= 15 is 0 Å². The number of benzene rings is 2. The van der Waals surface area contributed by atoms with Gasteiger partial charge in [0.1, 0.15) is 16.4 Å². The Labute approximate surface area is 225 Å². The normalized spacial score (nSPS) is 16.8. The van der Waals surface area contributed by atoms with E-state index in [2.05, 4.69) is 18.8 Å². The molecule has 1 fully saturated rings. The fourth-order valence-electron chi connectivity index (χ4n) is 4.45. The second-order valence-corrected chi connectivity index (χ2v) is 10.3. The van der Waals surface area contributed by atoms with Crippen LogP contribution in [-0.4, -0.2) is 41.5 Å². The Morgan fingerprint density at radius 3 is 2.39 bits per heavy atom. The SMILES string of the molecule is CCOc1ccc(/C(O)=C2\C(=O)C(=O)N(c3nc(C)c(C(=O)OC)s3)C2c2ccc(C(C)C)cc2)cc1C. The van der Waals surface area contributed by atoms with Gasteiger partial charge in [0.2, 0.25) is 0 Å². The van der Waals surface area contributed by atoms with Gasteiger partial charge in [-0.1, -0.05) is 49.4 Å². The summed E-state index contributed by atoms with van der Waals surface area (Å²) in [6, 6.07) is 11.7. The van der Waals surface area contributed by atoms with Crippen LogP contribution < -0.4 is 9.64 Å². The third-order valence-corrected chi connectivity index (χ3v) is 7.61. The Balaban J connectivity index is 1.91. The van der Waals surface area contributed by atoms with Crippen molar-refractivity contribution >= 4 is 39.9 Å². The summed E-state index contributed by atoms with van der Waals surface area (Å²) in [5.74, 6) is -1.59. The number of rotatable bonds is 7. The molecule has 1 unspecified atom stereocenters. The Kier molecular flexibility index (Phi) is 7.68. The van der Waals surface area contributed by atoms with Crippen LogP contribution in [0.15, 0.2) is 48.0 Å². The summed E-state index contributed by atoms with van der Waals surface area (Å²) in [5.41, 5.74) is 3.22. The molecule has 3 aromatic rings. The molecule has 1 aliphatic rings. The smallest absolute Gasteiger partial charge is 0.350 e. The number of carbonyl (C=O) groups is 3. The van der Waals surface area contributed by atoms with Crippen LogP contribution in [0.1, 0.15) is 70.4 Å². The summed E-state index contributed by atoms with van der Waals surface area (Å²) in [6.07, 6.45) is 0. The zero-order valence-corrected chi connectivity index (χ0v) is 23.0. The van der Waals surface area contributed by atoms with E-state index in [1.165, 1.54) is 12.0 Å². The minimum absolute atomic E-state index is 0.0525. The molecular formula is C29H30N2O6S. The van der Waals surface area contributed by atoms with Crippen LogP contribution in [0.5, 0.6) is 5.75 Å². The summed E-state index contributed by atoms with van der Waals surface area (Å²) in [5, 5.41) is 11.6. The molecule has 0 saturated carbocycles. The third kappa shape index (κ3) is 4.81. The van der Waals surface area contributed by atoms with Gasteiger partial charge in [0.25, 0.3) is 5.78 Å². The number of Topliss-reactive ketones (excluding diaryl/α,β-unsaturated/α-hetero) is 1. The molecule has 1 N–H and O–H groups in total. The van der Waals surface area contributed by atoms with Crippen molar-refractivity contribution in [2.75, 3.05) is 18.6 Å². The molecule has 0 bridgehead atoms. The molecule has 198 valence electrons. The standard InChI is InChI=1S/C29H30N2O6S/c1-7-37-21-13-12-20(14-16(21)4)24(32)22-23(19-10-8-18(9-11-19)15(2)3)31(27(34)25(22)33)29-30-17(5)26(38-29)28(35)36-6/h8-15,23,32H,7H2,1-6H3/b24-22+. The monoisotopic (exact) mass is 534 g/mol. The lowest BCUT2D eigenvalue weighted by molar-refractivity contribution is -0.132. The zero-order valence-electron chi connectivity index (χ0n) is 22.2. The molecule has 4 rings (SSSR count). The lowest BCUT2D eigenvalue weighted by Gasteiger charge is -2.23. The first-order valence-electron chi connectivity index (χ1n) is 12.3. The van der Waals surface area contributed by atoms with Crippen molar-refractivity contribution in [3.8, 4) is 5.75 Å². The van der Waals surface area contributed by atoms with Gasteiger partial charge in [-0.2, -0.15) is 0 Å². The van der Waals surface area contributed by atoms with Crippen LogP contribution >= 0.6 is 11.3 Å². The lowest BCUT2D eigenvalue weighted by Crippen LogP contribution is -2.29. The van der Waals surface area contributed by atoms with Gasteiger partial charge in [-0.25, -0.2) is 9.78 Å². The Bertz CT molecular complexity index is 1440. The lowest BCUT2D eigenvalue weighted by atomic mass is 9.93. The minimum atomic E-state index is -0.945. The van der Waals surface area contributed by atoms with Crippen LogP contribution in [-0.2, 0) is 14.3 Å². The topological polar surface area (TPSA) is 106 Å². The fraction of sp³-hybridized carbons (Fsp3) is 0.310. The van der Waals surface area contributed by atoms with E-state index in [1.807, 2.05) is 38.1 Å². The maximum atomic E-state index is 13.5. The highest BCUT2D eigenvalue weighted by Gasteiger charge is 2.48. The highest BCUT2D eigenvalue weighted by Crippen LogP contribution is 2.44. The van der Waals surface area contributed by atoms with Gasteiger partial charge in [0.15, 0.2) is 5.13 Å². The number of amides is 1. The quantitative estimate of drug-likeness (QED) is 0.179. The second kappa shape index (κ2) is 10.8. The number of aryl methyl sites for hydroxylation is 2. The van der Waals surface area contributed by atoms with Crippen molar-refractivity contribution < 1.29 is 29.0 Å². The van der Waals surface area contributed by atoms with Gasteiger partial charge < -0.3 is 14.6 Å². The van der Waals surface area contributed by atoms with Crippen molar-refractivity contribution in [1.82, 2.24) is 4.98 Å². The number of carbonyl (C=O) groups excluding carboxylic acids is 3. The number of ether oxygens (including phenoxy) is 2. The highest BCUT2D eigenvalue weighted by atomic mass is 32.1. The molecule has 0 aliphatic carbocycles. The number of anilines is 1. The molecule has 2 heterocycles. The van der Waals surface area contributed by atoms with Crippen molar-refractivity contribution in [2.24, 2.45) is 0 Å². The molecule has 38 heavy (non-hydrogen) atoms. The Morgan fingerprint density at radius 2 is 1.82 bits per heavy atom. The van der Waals surface area contributed by atoms with Crippen LogP contribution in [0.2, 0.25) is 0 Å². The van der Waals surface area contributed by atoms with E-state index in [1.54, 1.807) is 25.1 Å². The Hall–Kier alpha value is -3.98. The van der Waals surface area contributed by atoms with Gasteiger partial charge in [0.05, 0.1) is 31.0 Å². The van der Waals surface area contributed by atoms with Gasteiger partial charge in [-0.15, -0.1) is 0 Å². The molecule has 0 radical (unpaired) electrons. The first-order chi connectivity index (χ1) is 18.1. The second-order valence-electron chi connectivity index (χ2n) is 9.31. The summed E-state index contributed by atoms with van der Waals surface area (Å²) in [6.45, 7) is 9.99. The van der Waals surface area contributed by atoms with E-state index in [-0.39, 0.29) is 27.3 Å². The number of methoxy groups -OCH3 is 1. The van der Waals surface area contributed by atoms with Gasteiger partial charge in [0, 0.05) is 5.56 Å². The number of aliphatic hydroxyl groups is 1. The number of nitrogens with zero attached hydrogens (tertiary/aromatic N) is 2. The van der Waals surface area contributed by atoms with Gasteiger partial charge in [-0.3, -0.25) is 14.5 Å². The van der Waals surface area contributed by atoms with E-state index in [4.69, 9.17) is 9.47 Å². The maximum absolute atomic E-state index is 13.5. The summed E-state index contributed by atoms with van der Waals surface area (Å²) < 4.78 is 10.4. The van der Waals surface area contributed by atoms with Gasteiger partial charge in [-0.05, 0) is 61.6 Å². The molecule has 1 amide bonds. The molecule has 1 saturated heterocycles. The van der Waals surface area contributed by atoms with Crippen molar-refractivity contribution in [1.29, 1.82) is 0 Å². The predicted molar refractivity (Wildman–Crippen MR) is 146 cm³/mol. The number of esters is 1. The number of aliphatic hydroxyl groups excluding tert-OH is 1. The highest BCUT2D eigenvalue weighted by molar-refractivity contribution is 7.17. The van der Waals surface area contributed by atoms with Crippen molar-refractivity contribution in [2.45, 2.75) is 46.6 Å². The molecule has 1 aromatic heterocycles. The van der Waals surface area contributed by atoms with E-state index in [9.17, 15) is 19.5 Å². The minimum Gasteiger partial charge on any atom is -0.507 e. The summed E-state index contributed by atoms with van der Waals surface area (Å²) >= 11 is 0.968. The van der Waals surface area contributed by atoms with Crippen LogP contribution in [0.25, 0.3) is 5.76 Å². The zero-order chi connectivity index (χ0) is 27.7. The summed E-state index contributed by atoms with van der Waals surface area (Å²) in [4.78, 5) is 45.1. The average molecular weight is 535 g/mol. The number of aromatic nitrogens is 1. The molecular weight excluding hydrogens is 504 g/mol. The number of thiazole rings is 1. The van der Waals surface area contributed by atoms with Gasteiger partial charge >= 0.3 is 11.9 Å². The average Bonchev–Trinajstić information content (AvgIpc) is 3.41. The van der Waals surface area contributed by atoms with E-state index in [0.717, 1.165) is 22.5 Å². The maximum Gasteiger partial charge on any atom is 0.350 e. The third-order valence-electron chi connectivity index (χ3n) is 6.47. The Morgan fingerprint density at radius 1 is 1.13 bits per heavy atom. The summed E-state index contributed by atoms with van der Waals surface area (Å²) in [7, 11) is 1.27. The molecule has 8 nitrogen and oxygen atoms in total. The van der Waals surface area contributed by atoms with Crippen molar-refractivity contribution in [3.05, 3.63) is 80.9 Å². The van der Waals surface area contributed by atoms with Crippen LogP contribution in [0.4, 0.5) is 5.13 Å². The number of ketones is 1. The molecule has 9 heteroatoms. The fourth-order valence-corrected chi connectivity index (χ4v) is 5.46. The molecule has 1 aliphatic heterocycles. The molecule has 1 atom stereocenters. The van der Waals surface area contributed by atoms with E-state index in [0.29, 0.717) is 29.2 Å². The number of hydrogen-bond donors (Lipinski definition) is 1. The number of hydrogen-bond acceptors (Lipinski definition) is 8. The first-order valence-corrected chi connectivity index (χ1v) is 13.1. The molecule has 0 spiro atoms. The first kappa shape index (κ1) is 27.1.